The summed E-state index contributed by atoms with van der Waals surface area (Å²) >= 11 is 0. The van der Waals surface area contributed by atoms with Gasteiger partial charge in [-0.05, 0) is 27.1 Å². The van der Waals surface area contributed by atoms with Crippen molar-refractivity contribution in [3.63, 3.8) is 0 Å². The highest BCUT2D eigenvalue weighted by Gasteiger charge is 2.24. The minimum Gasteiger partial charge on any atom is -0.359 e. The van der Waals surface area contributed by atoms with Crippen LogP contribution in [0.4, 0.5) is 0 Å². The van der Waals surface area contributed by atoms with Crippen molar-refractivity contribution in [2.75, 3.05) is 40.8 Å². The Bertz CT molecular complexity index is 258. The molecule has 0 aliphatic rings. The fraction of sp³-hybridized carbons (Fsp3) is 0.833. The second kappa shape index (κ2) is 9.85. The molecule has 0 aliphatic heterocycles. The fourth-order valence-electron chi connectivity index (χ4n) is 1.66. The van der Waals surface area contributed by atoms with Gasteiger partial charge >= 0.3 is 0 Å². The van der Waals surface area contributed by atoms with Gasteiger partial charge < -0.3 is 16.0 Å². The Morgan fingerprint density at radius 2 is 1.89 bits per heavy atom. The normalized spacial score (nSPS) is 12.3. The summed E-state index contributed by atoms with van der Waals surface area (Å²) in [7, 11) is 5.28. The number of hydrogen-bond acceptors (Lipinski definition) is 4. The van der Waals surface area contributed by atoms with Gasteiger partial charge in [-0.2, -0.15) is 0 Å². The largest absolute Gasteiger partial charge is 0.359 e. The van der Waals surface area contributed by atoms with Gasteiger partial charge in [0.25, 0.3) is 0 Å². The van der Waals surface area contributed by atoms with Gasteiger partial charge in [0.05, 0.1) is 12.5 Å². The zero-order valence-corrected chi connectivity index (χ0v) is 11.9. The van der Waals surface area contributed by atoms with Gasteiger partial charge in [0.2, 0.25) is 11.8 Å². The van der Waals surface area contributed by atoms with Crippen LogP contribution in [0.1, 0.15) is 19.8 Å². The van der Waals surface area contributed by atoms with Gasteiger partial charge in [0, 0.05) is 20.1 Å². The van der Waals surface area contributed by atoms with Crippen molar-refractivity contribution in [1.29, 1.82) is 0 Å². The highest BCUT2D eigenvalue weighted by atomic mass is 16.2. The van der Waals surface area contributed by atoms with E-state index in [9.17, 15) is 9.59 Å². The smallest absolute Gasteiger partial charge is 0.237 e. The zero-order chi connectivity index (χ0) is 14.0. The van der Waals surface area contributed by atoms with Crippen molar-refractivity contribution < 1.29 is 9.59 Å². The Morgan fingerprint density at radius 1 is 1.22 bits per heavy atom. The number of nitrogens with zero attached hydrogens (tertiary/aromatic N) is 1. The van der Waals surface area contributed by atoms with E-state index in [1.54, 1.807) is 7.05 Å². The predicted molar refractivity (Wildman–Crippen MR) is 72.3 cm³/mol. The number of hydrogen-bond donors (Lipinski definition) is 3. The molecule has 1 unspecified atom stereocenters. The Morgan fingerprint density at radius 3 is 2.39 bits per heavy atom. The first kappa shape index (κ1) is 16.9. The summed E-state index contributed by atoms with van der Waals surface area (Å²) in [5, 5.41) is 8.35. The maximum absolute atomic E-state index is 12.0. The molecule has 0 aliphatic carbocycles. The topological polar surface area (TPSA) is 73.5 Å². The van der Waals surface area contributed by atoms with Gasteiger partial charge in [-0.15, -0.1) is 0 Å². The Labute approximate surface area is 109 Å². The second-order valence-electron chi connectivity index (χ2n) is 4.27. The lowest BCUT2D eigenvalue weighted by molar-refractivity contribution is -0.131. The van der Waals surface area contributed by atoms with E-state index in [0.29, 0.717) is 6.54 Å². The molecule has 0 fully saturated rings. The number of nitrogens with one attached hydrogen (secondary N) is 3. The van der Waals surface area contributed by atoms with Crippen LogP contribution < -0.4 is 16.0 Å². The van der Waals surface area contributed by atoms with E-state index in [4.69, 9.17) is 0 Å². The highest BCUT2D eigenvalue weighted by Crippen LogP contribution is 2.03. The molecule has 0 rings (SSSR count). The maximum Gasteiger partial charge on any atom is 0.237 e. The quantitative estimate of drug-likeness (QED) is 0.472. The van der Waals surface area contributed by atoms with Crippen LogP contribution in [0.2, 0.25) is 0 Å². The third-order valence-electron chi connectivity index (χ3n) is 2.74. The van der Waals surface area contributed by atoms with Crippen molar-refractivity contribution >= 4 is 11.8 Å². The lowest BCUT2D eigenvalue weighted by Gasteiger charge is -2.26. The molecule has 3 N–H and O–H groups in total. The first-order valence-corrected chi connectivity index (χ1v) is 6.39. The summed E-state index contributed by atoms with van der Waals surface area (Å²) in [5.74, 6) is -0.212. The lowest BCUT2D eigenvalue weighted by atomic mass is 10.1. The molecule has 0 aromatic heterocycles. The Kier molecular flexibility index (Phi) is 9.22. The summed E-state index contributed by atoms with van der Waals surface area (Å²) in [6.07, 6.45) is 1.14. The minimum absolute atomic E-state index is 0.0928. The number of likely N-dealkylation sites (N-methyl/N-ethyl adjacent to an activating group) is 2. The van der Waals surface area contributed by atoms with E-state index in [1.165, 1.54) is 0 Å². The summed E-state index contributed by atoms with van der Waals surface area (Å²) in [4.78, 5) is 25.4. The van der Waals surface area contributed by atoms with E-state index in [2.05, 4.69) is 16.0 Å². The summed E-state index contributed by atoms with van der Waals surface area (Å²) in [5.41, 5.74) is 0. The lowest BCUT2D eigenvalue weighted by Crippen LogP contribution is -2.48. The Hall–Kier alpha value is -1.14. The first-order valence-electron chi connectivity index (χ1n) is 6.39. The van der Waals surface area contributed by atoms with Gasteiger partial charge in [0.15, 0.2) is 0 Å². The first-order chi connectivity index (χ1) is 8.56. The molecule has 6 nitrogen and oxygen atoms in total. The van der Waals surface area contributed by atoms with Gasteiger partial charge in [0.1, 0.15) is 0 Å². The molecule has 1 atom stereocenters. The predicted octanol–water partition coefficient (Wildman–Crippen LogP) is -0.831. The molecule has 0 bridgehead atoms. The van der Waals surface area contributed by atoms with Gasteiger partial charge in [-0.1, -0.05) is 6.92 Å². The van der Waals surface area contributed by atoms with Crippen LogP contribution in [0.3, 0.4) is 0 Å². The standard InChI is InChI=1S/C12H26N4O2/c1-5-8-16(4)10(9-11(17)14-3)12(18)15-7-6-13-2/h10,13H,5-9H2,1-4H3,(H,14,17)(H,15,18). The van der Waals surface area contributed by atoms with Crippen molar-refractivity contribution in [2.45, 2.75) is 25.8 Å². The van der Waals surface area contributed by atoms with E-state index < -0.39 is 6.04 Å². The van der Waals surface area contributed by atoms with Crippen molar-refractivity contribution in [1.82, 2.24) is 20.9 Å². The molecule has 6 heteroatoms. The van der Waals surface area contributed by atoms with Crippen LogP contribution in [0.15, 0.2) is 0 Å². The van der Waals surface area contributed by atoms with Crippen molar-refractivity contribution in [2.24, 2.45) is 0 Å². The molecule has 0 aromatic carbocycles. The van der Waals surface area contributed by atoms with E-state index in [1.807, 2.05) is 25.9 Å². The summed E-state index contributed by atoms with van der Waals surface area (Å²) in [6.45, 7) is 4.13. The van der Waals surface area contributed by atoms with E-state index in [0.717, 1.165) is 19.5 Å². The molecular weight excluding hydrogens is 232 g/mol. The SMILES string of the molecule is CCCN(C)C(CC(=O)NC)C(=O)NCCNC. The van der Waals surface area contributed by atoms with Crippen LogP contribution in [0.5, 0.6) is 0 Å². The molecule has 0 spiro atoms. The third kappa shape index (κ3) is 6.56. The molecule has 18 heavy (non-hydrogen) atoms. The summed E-state index contributed by atoms with van der Waals surface area (Å²) < 4.78 is 0. The van der Waals surface area contributed by atoms with Gasteiger partial charge in [-0.3, -0.25) is 14.5 Å². The molecule has 0 radical (unpaired) electrons. The average molecular weight is 258 g/mol. The Balaban J connectivity index is 4.43. The molecule has 0 heterocycles. The third-order valence-corrected chi connectivity index (χ3v) is 2.74. The second-order valence-corrected chi connectivity index (χ2v) is 4.27. The molecule has 0 saturated heterocycles. The molecule has 0 aromatic rings. The van der Waals surface area contributed by atoms with Crippen LogP contribution in [0.25, 0.3) is 0 Å². The monoisotopic (exact) mass is 258 g/mol. The summed E-state index contributed by atoms with van der Waals surface area (Å²) in [6, 6.07) is -0.401. The molecular formula is C12H26N4O2. The maximum atomic E-state index is 12.0. The van der Waals surface area contributed by atoms with E-state index >= 15 is 0 Å². The number of carbonyl (C=O) groups is 2. The van der Waals surface area contributed by atoms with E-state index in [-0.39, 0.29) is 18.2 Å². The number of amides is 2. The minimum atomic E-state index is -0.401. The number of carbonyl (C=O) groups excluding carboxylic acids is 2. The van der Waals surface area contributed by atoms with Crippen LogP contribution in [-0.2, 0) is 9.59 Å². The zero-order valence-electron chi connectivity index (χ0n) is 11.9. The van der Waals surface area contributed by atoms with Crippen molar-refractivity contribution in [3.05, 3.63) is 0 Å². The van der Waals surface area contributed by atoms with Crippen LogP contribution in [0, 0.1) is 0 Å². The van der Waals surface area contributed by atoms with Crippen molar-refractivity contribution in [3.8, 4) is 0 Å². The van der Waals surface area contributed by atoms with Gasteiger partial charge in [-0.25, -0.2) is 0 Å². The molecule has 2 amide bonds. The highest BCUT2D eigenvalue weighted by molar-refractivity contribution is 5.88. The molecule has 0 saturated carbocycles. The average Bonchev–Trinajstić information content (AvgIpc) is 2.35. The fourth-order valence-corrected chi connectivity index (χ4v) is 1.66. The van der Waals surface area contributed by atoms with Crippen LogP contribution in [-0.4, -0.2) is 63.5 Å². The number of rotatable bonds is 9. The van der Waals surface area contributed by atoms with Crippen LogP contribution >= 0.6 is 0 Å². The molecule has 106 valence electrons.